The van der Waals surface area contributed by atoms with E-state index in [0.29, 0.717) is 11.3 Å². The molecule has 0 aliphatic rings. The first-order valence-corrected chi connectivity index (χ1v) is 6.92. The van der Waals surface area contributed by atoms with E-state index in [-0.39, 0.29) is 11.5 Å². The van der Waals surface area contributed by atoms with Crippen LogP contribution in [0.2, 0.25) is 0 Å². The Balaban J connectivity index is 2.22. The summed E-state index contributed by atoms with van der Waals surface area (Å²) in [6.07, 6.45) is 1.08. The van der Waals surface area contributed by atoms with Crippen molar-refractivity contribution >= 4 is 33.4 Å². The topological polar surface area (TPSA) is 66.4 Å². The van der Waals surface area contributed by atoms with E-state index >= 15 is 0 Å². The predicted molar refractivity (Wildman–Crippen MR) is 84.3 cm³/mol. The van der Waals surface area contributed by atoms with Crippen LogP contribution in [0.5, 0.6) is 0 Å². The lowest BCUT2D eigenvalue weighted by Crippen LogP contribution is -2.12. The first kappa shape index (κ1) is 15.0. The van der Waals surface area contributed by atoms with Crippen molar-refractivity contribution in [2.24, 2.45) is 0 Å². The Kier molecular flexibility index (Phi) is 4.90. The Morgan fingerprint density at radius 3 is 2.19 bits per heavy atom. The summed E-state index contributed by atoms with van der Waals surface area (Å²) in [5.41, 5.74) is 0.854. The number of benzene rings is 2. The highest BCUT2D eigenvalue weighted by atomic mass is 79.9. The standard InChI is InChI=1S/C16H12BrNO3/c17-12-6-8-13(9-7-12)18-14(16(20)21)10-15(19)11-4-2-1-3-5-11/h1-10,18H,(H,20,21)/b14-10-. The van der Waals surface area contributed by atoms with Crippen LogP contribution >= 0.6 is 15.9 Å². The van der Waals surface area contributed by atoms with Crippen LogP contribution in [0.4, 0.5) is 5.69 Å². The quantitative estimate of drug-likeness (QED) is 0.640. The number of ketones is 1. The van der Waals surface area contributed by atoms with Gasteiger partial charge in [0.25, 0.3) is 0 Å². The van der Waals surface area contributed by atoms with Gasteiger partial charge in [-0.3, -0.25) is 4.79 Å². The van der Waals surface area contributed by atoms with Gasteiger partial charge in [-0.25, -0.2) is 4.79 Å². The molecule has 4 nitrogen and oxygen atoms in total. The third-order valence-electron chi connectivity index (χ3n) is 2.69. The molecule has 0 fully saturated rings. The molecule has 5 heteroatoms. The molecular weight excluding hydrogens is 334 g/mol. The molecule has 0 saturated heterocycles. The SMILES string of the molecule is O=C(O)/C(=C/C(=O)c1ccccc1)Nc1ccc(Br)cc1. The van der Waals surface area contributed by atoms with Gasteiger partial charge < -0.3 is 10.4 Å². The number of hydrogen-bond acceptors (Lipinski definition) is 3. The first-order valence-electron chi connectivity index (χ1n) is 6.13. The highest BCUT2D eigenvalue weighted by Gasteiger charge is 2.11. The summed E-state index contributed by atoms with van der Waals surface area (Å²) in [6.45, 7) is 0. The highest BCUT2D eigenvalue weighted by molar-refractivity contribution is 9.10. The zero-order valence-corrected chi connectivity index (χ0v) is 12.5. The van der Waals surface area contributed by atoms with E-state index in [1.165, 1.54) is 0 Å². The highest BCUT2D eigenvalue weighted by Crippen LogP contribution is 2.16. The van der Waals surface area contributed by atoms with Gasteiger partial charge in [0.05, 0.1) is 0 Å². The number of allylic oxidation sites excluding steroid dienone is 1. The van der Waals surface area contributed by atoms with E-state index in [4.69, 9.17) is 0 Å². The molecule has 0 unspecified atom stereocenters. The van der Waals surface area contributed by atoms with Crippen molar-refractivity contribution in [3.8, 4) is 0 Å². The van der Waals surface area contributed by atoms with Gasteiger partial charge >= 0.3 is 5.97 Å². The molecule has 0 atom stereocenters. The van der Waals surface area contributed by atoms with E-state index < -0.39 is 5.97 Å². The number of carbonyl (C=O) groups excluding carboxylic acids is 1. The van der Waals surface area contributed by atoms with E-state index in [0.717, 1.165) is 10.5 Å². The fourth-order valence-electron chi connectivity index (χ4n) is 1.66. The number of halogens is 1. The van der Waals surface area contributed by atoms with Gasteiger partial charge in [-0.1, -0.05) is 46.3 Å². The fraction of sp³-hybridized carbons (Fsp3) is 0. The van der Waals surface area contributed by atoms with Crippen molar-refractivity contribution in [3.05, 3.63) is 76.4 Å². The lowest BCUT2D eigenvalue weighted by molar-refractivity contribution is -0.132. The monoisotopic (exact) mass is 345 g/mol. The first-order chi connectivity index (χ1) is 10.1. The molecule has 0 radical (unpaired) electrons. The van der Waals surface area contributed by atoms with Crippen molar-refractivity contribution in [1.29, 1.82) is 0 Å². The summed E-state index contributed by atoms with van der Waals surface area (Å²) in [5, 5.41) is 11.9. The van der Waals surface area contributed by atoms with Crippen LogP contribution in [0.25, 0.3) is 0 Å². The number of carboxylic acid groups (broad SMARTS) is 1. The van der Waals surface area contributed by atoms with Crippen LogP contribution < -0.4 is 5.32 Å². The molecule has 106 valence electrons. The van der Waals surface area contributed by atoms with Crippen LogP contribution in [0, 0.1) is 0 Å². The van der Waals surface area contributed by atoms with Crippen molar-refractivity contribution in [1.82, 2.24) is 0 Å². The molecule has 0 aromatic heterocycles. The maximum Gasteiger partial charge on any atom is 0.352 e. The minimum Gasteiger partial charge on any atom is -0.477 e. The molecule has 0 saturated carbocycles. The summed E-state index contributed by atoms with van der Waals surface area (Å²) in [4.78, 5) is 23.3. The maximum atomic E-state index is 12.0. The summed E-state index contributed by atoms with van der Waals surface area (Å²) in [6, 6.07) is 15.5. The molecule has 0 aliphatic heterocycles. The van der Waals surface area contributed by atoms with Gasteiger partial charge in [-0.15, -0.1) is 0 Å². The fourth-order valence-corrected chi connectivity index (χ4v) is 1.92. The number of anilines is 1. The molecular formula is C16H12BrNO3. The molecule has 0 amide bonds. The van der Waals surface area contributed by atoms with Crippen molar-refractivity contribution in [3.63, 3.8) is 0 Å². The van der Waals surface area contributed by atoms with Crippen LogP contribution in [0.1, 0.15) is 10.4 Å². The molecule has 0 spiro atoms. The van der Waals surface area contributed by atoms with E-state index in [1.54, 1.807) is 54.6 Å². The van der Waals surface area contributed by atoms with Crippen LogP contribution in [0.15, 0.2) is 70.8 Å². The Morgan fingerprint density at radius 2 is 1.62 bits per heavy atom. The van der Waals surface area contributed by atoms with Gasteiger partial charge in [0, 0.05) is 21.8 Å². The second kappa shape index (κ2) is 6.85. The molecule has 21 heavy (non-hydrogen) atoms. The molecule has 2 aromatic rings. The Morgan fingerprint density at radius 1 is 1.00 bits per heavy atom. The normalized spacial score (nSPS) is 11.0. The Bertz CT molecular complexity index is 678. The Hall–Kier alpha value is -2.40. The lowest BCUT2D eigenvalue weighted by Gasteiger charge is -2.07. The van der Waals surface area contributed by atoms with Gasteiger partial charge in [-0.2, -0.15) is 0 Å². The second-order valence-electron chi connectivity index (χ2n) is 4.23. The van der Waals surface area contributed by atoms with Gasteiger partial charge in [0.1, 0.15) is 5.70 Å². The van der Waals surface area contributed by atoms with E-state index in [1.807, 2.05) is 0 Å². The molecule has 2 aromatic carbocycles. The number of carbonyl (C=O) groups is 2. The molecule has 0 aliphatic carbocycles. The Labute approximate surface area is 130 Å². The van der Waals surface area contributed by atoms with E-state index in [9.17, 15) is 14.7 Å². The maximum absolute atomic E-state index is 12.0. The van der Waals surface area contributed by atoms with Crippen molar-refractivity contribution in [2.45, 2.75) is 0 Å². The number of nitrogens with one attached hydrogen (secondary N) is 1. The second-order valence-corrected chi connectivity index (χ2v) is 5.14. The summed E-state index contributed by atoms with van der Waals surface area (Å²) in [7, 11) is 0. The van der Waals surface area contributed by atoms with Crippen LogP contribution in [-0.4, -0.2) is 16.9 Å². The third-order valence-corrected chi connectivity index (χ3v) is 3.22. The molecule has 0 heterocycles. The van der Waals surface area contributed by atoms with Gasteiger partial charge in [0.15, 0.2) is 5.78 Å². The largest absolute Gasteiger partial charge is 0.477 e. The van der Waals surface area contributed by atoms with Crippen LogP contribution in [0.3, 0.4) is 0 Å². The summed E-state index contributed by atoms with van der Waals surface area (Å²) in [5.74, 6) is -1.56. The van der Waals surface area contributed by atoms with Crippen molar-refractivity contribution in [2.75, 3.05) is 5.32 Å². The average Bonchev–Trinajstić information content (AvgIpc) is 2.49. The minimum absolute atomic E-state index is 0.175. The number of aliphatic carboxylic acids is 1. The number of rotatable bonds is 5. The predicted octanol–water partition coefficient (Wildman–Crippen LogP) is 3.71. The third kappa shape index (κ3) is 4.29. The van der Waals surface area contributed by atoms with Gasteiger partial charge in [-0.05, 0) is 24.3 Å². The molecule has 2 rings (SSSR count). The smallest absolute Gasteiger partial charge is 0.352 e. The average molecular weight is 346 g/mol. The summed E-state index contributed by atoms with van der Waals surface area (Å²) < 4.78 is 0.884. The zero-order chi connectivity index (χ0) is 15.2. The number of carboxylic acids is 1. The zero-order valence-electron chi connectivity index (χ0n) is 10.9. The van der Waals surface area contributed by atoms with Crippen LogP contribution in [-0.2, 0) is 4.79 Å². The minimum atomic E-state index is -1.19. The summed E-state index contributed by atoms with van der Waals surface area (Å²) >= 11 is 3.30. The van der Waals surface area contributed by atoms with Gasteiger partial charge in [0.2, 0.25) is 0 Å². The molecule has 2 N–H and O–H groups in total. The lowest BCUT2D eigenvalue weighted by atomic mass is 10.1. The van der Waals surface area contributed by atoms with Crippen molar-refractivity contribution < 1.29 is 14.7 Å². The number of hydrogen-bond donors (Lipinski definition) is 2. The van der Waals surface area contributed by atoms with E-state index in [2.05, 4.69) is 21.2 Å². The molecule has 0 bridgehead atoms.